The molecule has 2 aromatic carbocycles. The molecule has 4 aromatic rings. The molecule has 0 saturated heterocycles. The second kappa shape index (κ2) is 7.12. The molecule has 0 bridgehead atoms. The van der Waals surface area contributed by atoms with Crippen molar-refractivity contribution in [2.75, 3.05) is 0 Å². The third-order valence-electron chi connectivity index (χ3n) is 5.59. The molecule has 5 rings (SSSR count). The molecule has 0 fully saturated rings. The number of aryl methyl sites for hydroxylation is 1. The SMILES string of the molecule is NC(=O)c1ccc(-c2nn(C3CCCc4ccccc43)c3ncnc([AsH2])c23)cc1. The summed E-state index contributed by atoms with van der Waals surface area (Å²) in [4.78, 5) is 20.5. The van der Waals surface area contributed by atoms with Gasteiger partial charge in [0.15, 0.2) is 0 Å². The zero-order valence-corrected chi connectivity index (χ0v) is 18.2. The number of primary amides is 1. The molecule has 0 spiro atoms. The van der Waals surface area contributed by atoms with E-state index in [1.807, 2.05) is 12.1 Å². The third kappa shape index (κ3) is 3.04. The van der Waals surface area contributed by atoms with Crippen molar-refractivity contribution in [2.24, 2.45) is 5.73 Å². The monoisotopic (exact) mass is 445 g/mol. The zero-order chi connectivity index (χ0) is 20.0. The summed E-state index contributed by atoms with van der Waals surface area (Å²) in [6.07, 6.45) is 4.87. The van der Waals surface area contributed by atoms with Gasteiger partial charge in [-0.25, -0.2) is 0 Å². The van der Waals surface area contributed by atoms with Crippen molar-refractivity contribution < 1.29 is 4.79 Å². The fraction of sp³-hybridized carbons (Fsp3) is 0.182. The van der Waals surface area contributed by atoms with Crippen molar-refractivity contribution in [1.82, 2.24) is 19.7 Å². The second-order valence-electron chi connectivity index (χ2n) is 7.30. The van der Waals surface area contributed by atoms with Crippen LogP contribution < -0.4 is 10.2 Å². The average Bonchev–Trinajstić information content (AvgIpc) is 3.14. The summed E-state index contributed by atoms with van der Waals surface area (Å²) in [7, 11) is 0. The fourth-order valence-corrected chi connectivity index (χ4v) is 4.89. The molecule has 2 unspecified atom stereocenters. The number of hydrogen-bond donors (Lipinski definition) is 1. The Morgan fingerprint density at radius 2 is 1.90 bits per heavy atom. The van der Waals surface area contributed by atoms with Crippen LogP contribution in [0.2, 0.25) is 0 Å². The molecule has 2 N–H and O–H groups in total. The summed E-state index contributed by atoms with van der Waals surface area (Å²) in [6, 6.07) is 16.0. The molecule has 1 aliphatic rings. The van der Waals surface area contributed by atoms with Crippen LogP contribution in [0.1, 0.15) is 40.4 Å². The number of nitrogens with two attached hydrogens (primary N) is 1. The molecular weight excluding hydrogens is 425 g/mol. The summed E-state index contributed by atoms with van der Waals surface area (Å²) in [5, 5.41) is 6.00. The first-order valence-electron chi connectivity index (χ1n) is 9.60. The maximum atomic E-state index is 11.4. The Bertz CT molecular complexity index is 1230. The molecule has 2 atom stereocenters. The normalized spacial score (nSPS) is 16.0. The van der Waals surface area contributed by atoms with Gasteiger partial charge in [-0.2, -0.15) is 0 Å². The van der Waals surface area contributed by atoms with Crippen LogP contribution in [0.3, 0.4) is 0 Å². The van der Waals surface area contributed by atoms with Crippen LogP contribution in [-0.4, -0.2) is 42.5 Å². The van der Waals surface area contributed by atoms with Gasteiger partial charge in [0, 0.05) is 0 Å². The first-order chi connectivity index (χ1) is 14.1. The topological polar surface area (TPSA) is 86.7 Å². The minimum absolute atomic E-state index is 0.155. The standard InChI is InChI=1S/C22H20AsN5O/c23-20-18-19(14-8-10-15(11-9-14)21(24)29)27-28(22(18)26-12-25-20)17-7-3-5-13-4-1-2-6-16(13)17/h1-2,4,6,8-12,17H,3,5,7,23H2,(H2,24,29). The molecular formula is C22H20AsN5O. The fourth-order valence-electron chi connectivity index (χ4n) is 4.19. The van der Waals surface area contributed by atoms with E-state index in [1.54, 1.807) is 18.5 Å². The summed E-state index contributed by atoms with van der Waals surface area (Å²) < 4.78 is 3.02. The number of carbonyl (C=O) groups excluding carboxylic acids is 1. The molecule has 6 nitrogen and oxygen atoms in total. The molecule has 1 amide bonds. The number of hydrogen-bond acceptors (Lipinski definition) is 4. The number of rotatable bonds is 3. The average molecular weight is 445 g/mol. The van der Waals surface area contributed by atoms with Gasteiger partial charge in [-0.1, -0.05) is 0 Å². The van der Waals surface area contributed by atoms with E-state index in [0.717, 1.165) is 46.0 Å². The Morgan fingerprint density at radius 1 is 1.10 bits per heavy atom. The quantitative estimate of drug-likeness (QED) is 0.487. The molecule has 29 heavy (non-hydrogen) atoms. The summed E-state index contributed by atoms with van der Waals surface area (Å²) in [6.45, 7) is 0. The van der Waals surface area contributed by atoms with Gasteiger partial charge in [0.1, 0.15) is 0 Å². The van der Waals surface area contributed by atoms with E-state index in [0.29, 0.717) is 5.56 Å². The molecule has 1 aliphatic carbocycles. The minimum atomic E-state index is -0.436. The second-order valence-corrected chi connectivity index (χ2v) is 8.45. The molecule has 0 saturated carbocycles. The number of fused-ring (bicyclic) bond motifs is 2. The van der Waals surface area contributed by atoms with E-state index in [-0.39, 0.29) is 6.04 Å². The van der Waals surface area contributed by atoms with Crippen LogP contribution in [0.25, 0.3) is 22.3 Å². The molecule has 144 valence electrons. The number of aromatic nitrogens is 4. The van der Waals surface area contributed by atoms with Crippen molar-refractivity contribution in [3.63, 3.8) is 0 Å². The van der Waals surface area contributed by atoms with Crippen LogP contribution in [0.15, 0.2) is 54.9 Å². The van der Waals surface area contributed by atoms with Gasteiger partial charge in [-0.15, -0.1) is 0 Å². The van der Waals surface area contributed by atoms with E-state index in [4.69, 9.17) is 10.8 Å². The van der Waals surface area contributed by atoms with Crippen molar-refractivity contribution >= 4 is 38.3 Å². The van der Waals surface area contributed by atoms with Gasteiger partial charge in [0.05, 0.1) is 0 Å². The molecule has 0 aliphatic heterocycles. The Morgan fingerprint density at radius 3 is 2.69 bits per heavy atom. The maximum absolute atomic E-state index is 11.4. The van der Waals surface area contributed by atoms with Crippen molar-refractivity contribution in [2.45, 2.75) is 25.3 Å². The van der Waals surface area contributed by atoms with Gasteiger partial charge in [0.2, 0.25) is 0 Å². The predicted molar refractivity (Wildman–Crippen MR) is 115 cm³/mol. The summed E-state index contributed by atoms with van der Waals surface area (Å²) in [5.74, 6) is -0.436. The Hall–Kier alpha value is -2.98. The number of carbonyl (C=O) groups is 1. The van der Waals surface area contributed by atoms with Crippen LogP contribution in [0, 0.1) is 0 Å². The van der Waals surface area contributed by atoms with Gasteiger partial charge >= 0.3 is 177 Å². The molecule has 2 heterocycles. The van der Waals surface area contributed by atoms with E-state index in [9.17, 15) is 4.79 Å². The third-order valence-corrected chi connectivity index (χ3v) is 6.51. The Balaban J connectivity index is 1.71. The van der Waals surface area contributed by atoms with Crippen molar-refractivity contribution in [3.05, 3.63) is 71.5 Å². The summed E-state index contributed by atoms with van der Waals surface area (Å²) >= 11 is 1.45. The van der Waals surface area contributed by atoms with E-state index in [1.165, 1.54) is 28.0 Å². The first kappa shape index (κ1) is 18.1. The van der Waals surface area contributed by atoms with E-state index >= 15 is 0 Å². The summed E-state index contributed by atoms with van der Waals surface area (Å²) in [5.41, 5.74) is 11.2. The van der Waals surface area contributed by atoms with Gasteiger partial charge in [0.25, 0.3) is 0 Å². The van der Waals surface area contributed by atoms with E-state index < -0.39 is 5.91 Å². The Kier molecular flexibility index (Phi) is 4.44. The van der Waals surface area contributed by atoms with Crippen LogP contribution in [0.5, 0.6) is 0 Å². The Labute approximate surface area is 176 Å². The molecule has 2 aromatic heterocycles. The van der Waals surface area contributed by atoms with Crippen LogP contribution in [-0.2, 0) is 6.42 Å². The number of nitrogens with zero attached hydrogens (tertiary/aromatic N) is 4. The zero-order valence-electron chi connectivity index (χ0n) is 15.7. The van der Waals surface area contributed by atoms with Crippen molar-refractivity contribution in [1.29, 1.82) is 0 Å². The number of amides is 1. The predicted octanol–water partition coefficient (Wildman–Crippen LogP) is 1.78. The first-order valence-corrected chi connectivity index (χ1v) is 10.8. The van der Waals surface area contributed by atoms with Crippen molar-refractivity contribution in [3.8, 4) is 11.3 Å². The number of benzene rings is 2. The van der Waals surface area contributed by atoms with Crippen LogP contribution in [0.4, 0.5) is 0 Å². The molecule has 0 radical (unpaired) electrons. The van der Waals surface area contributed by atoms with Gasteiger partial charge in [-0.3, -0.25) is 0 Å². The molecule has 7 heteroatoms. The van der Waals surface area contributed by atoms with Crippen LogP contribution >= 0.6 is 0 Å². The van der Waals surface area contributed by atoms with E-state index in [2.05, 4.69) is 38.9 Å². The van der Waals surface area contributed by atoms with Gasteiger partial charge < -0.3 is 0 Å². The van der Waals surface area contributed by atoms with Gasteiger partial charge in [-0.05, 0) is 0 Å².